The largest absolute Gasteiger partial charge is 0.379 e. The summed E-state index contributed by atoms with van der Waals surface area (Å²) >= 11 is 1.69. The van der Waals surface area contributed by atoms with Gasteiger partial charge < -0.3 is 9.30 Å². The van der Waals surface area contributed by atoms with Gasteiger partial charge in [0.25, 0.3) is 0 Å². The fourth-order valence-corrected chi connectivity index (χ4v) is 6.07. The van der Waals surface area contributed by atoms with Crippen LogP contribution in [0.1, 0.15) is 24.7 Å². The Bertz CT molecular complexity index is 1090. The number of ether oxygens (including phenoxy) is 1. The quantitative estimate of drug-likeness (QED) is 0.554. The normalized spacial score (nSPS) is 16.9. The Hall–Kier alpha value is -1.87. The number of imidazole rings is 1. The van der Waals surface area contributed by atoms with Crippen molar-refractivity contribution in [3.63, 3.8) is 0 Å². The third-order valence-corrected chi connectivity index (χ3v) is 8.20. The lowest BCUT2D eigenvalue weighted by Crippen LogP contribution is -2.40. The number of aromatic nitrogens is 2. The summed E-state index contributed by atoms with van der Waals surface area (Å²) in [6, 6.07) is 15.6. The molecule has 0 N–H and O–H groups in total. The van der Waals surface area contributed by atoms with Crippen LogP contribution in [-0.2, 0) is 21.3 Å². The van der Waals surface area contributed by atoms with Gasteiger partial charge >= 0.3 is 0 Å². The second-order valence-corrected chi connectivity index (χ2v) is 10.2. The lowest BCUT2D eigenvalue weighted by Gasteiger charge is -2.26. The van der Waals surface area contributed by atoms with Crippen molar-refractivity contribution in [3.05, 3.63) is 54.1 Å². The number of hydrogen-bond donors (Lipinski definition) is 0. The van der Waals surface area contributed by atoms with Crippen LogP contribution in [0, 0.1) is 0 Å². The Morgan fingerprint density at radius 3 is 2.55 bits per heavy atom. The summed E-state index contributed by atoms with van der Waals surface area (Å²) in [6.07, 6.45) is 0. The van der Waals surface area contributed by atoms with Gasteiger partial charge in [-0.25, -0.2) is 13.4 Å². The molecular formula is C21H25N3O3S2. The highest BCUT2D eigenvalue weighted by Crippen LogP contribution is 2.36. The van der Waals surface area contributed by atoms with E-state index in [9.17, 15) is 8.42 Å². The van der Waals surface area contributed by atoms with E-state index in [4.69, 9.17) is 9.72 Å². The summed E-state index contributed by atoms with van der Waals surface area (Å²) in [5, 5.41) is 1.15. The van der Waals surface area contributed by atoms with Crippen LogP contribution in [0.5, 0.6) is 0 Å². The first-order valence-corrected chi connectivity index (χ1v) is 12.1. The van der Waals surface area contributed by atoms with Crippen LogP contribution in [0.25, 0.3) is 11.0 Å². The SMILES string of the molecule is CCn1c(S[C@@H](C)c2ccccc2)nc2cc(S(=O)(=O)N3CCOCC3)ccc21. The lowest BCUT2D eigenvalue weighted by molar-refractivity contribution is 0.0730. The predicted molar refractivity (Wildman–Crippen MR) is 116 cm³/mol. The average molecular weight is 432 g/mol. The molecule has 1 aliphatic rings. The Morgan fingerprint density at radius 1 is 1.14 bits per heavy atom. The van der Waals surface area contributed by atoms with E-state index in [1.165, 1.54) is 9.87 Å². The van der Waals surface area contributed by atoms with Gasteiger partial charge in [0.2, 0.25) is 10.0 Å². The number of morpholine rings is 1. The summed E-state index contributed by atoms with van der Waals surface area (Å²) in [5.74, 6) is 0. The molecule has 1 aliphatic heterocycles. The summed E-state index contributed by atoms with van der Waals surface area (Å²) in [6.45, 7) is 6.66. The molecule has 1 aromatic heterocycles. The molecule has 0 saturated carbocycles. The van der Waals surface area contributed by atoms with Gasteiger partial charge in [0.05, 0.1) is 29.1 Å². The highest BCUT2D eigenvalue weighted by molar-refractivity contribution is 7.99. The molecule has 4 rings (SSSR count). The van der Waals surface area contributed by atoms with Gasteiger partial charge in [0, 0.05) is 24.9 Å². The van der Waals surface area contributed by atoms with Crippen LogP contribution in [0.2, 0.25) is 0 Å². The monoisotopic (exact) mass is 431 g/mol. The number of sulfonamides is 1. The van der Waals surface area contributed by atoms with E-state index < -0.39 is 10.0 Å². The molecule has 154 valence electrons. The van der Waals surface area contributed by atoms with Gasteiger partial charge in [-0.3, -0.25) is 0 Å². The Kier molecular flexibility index (Phi) is 5.96. The minimum absolute atomic E-state index is 0.245. The van der Waals surface area contributed by atoms with Crippen LogP contribution in [0.3, 0.4) is 0 Å². The molecule has 0 radical (unpaired) electrons. The molecule has 0 amide bonds. The Labute approximate surface area is 175 Å². The zero-order chi connectivity index (χ0) is 20.4. The number of hydrogen-bond acceptors (Lipinski definition) is 5. The van der Waals surface area contributed by atoms with Crippen LogP contribution in [0.4, 0.5) is 0 Å². The zero-order valence-corrected chi connectivity index (χ0v) is 18.2. The fourth-order valence-electron chi connectivity index (χ4n) is 3.53. The second-order valence-electron chi connectivity index (χ2n) is 6.98. The van der Waals surface area contributed by atoms with Gasteiger partial charge in [-0.15, -0.1) is 0 Å². The number of nitrogens with zero attached hydrogens (tertiary/aromatic N) is 3. The molecule has 0 spiro atoms. The summed E-state index contributed by atoms with van der Waals surface area (Å²) in [4.78, 5) is 5.08. The van der Waals surface area contributed by atoms with E-state index in [0.717, 1.165) is 17.2 Å². The van der Waals surface area contributed by atoms with Gasteiger partial charge in [0.15, 0.2) is 5.16 Å². The van der Waals surface area contributed by atoms with Gasteiger partial charge in [-0.05, 0) is 37.6 Å². The molecule has 2 heterocycles. The molecule has 0 aliphatic carbocycles. The van der Waals surface area contributed by atoms with Crippen molar-refractivity contribution in [2.24, 2.45) is 0 Å². The maximum Gasteiger partial charge on any atom is 0.243 e. The van der Waals surface area contributed by atoms with Crippen LogP contribution in [-0.4, -0.2) is 48.6 Å². The molecule has 6 nitrogen and oxygen atoms in total. The maximum absolute atomic E-state index is 13.0. The van der Waals surface area contributed by atoms with Crippen LogP contribution < -0.4 is 0 Å². The van der Waals surface area contributed by atoms with Crippen LogP contribution in [0.15, 0.2) is 58.6 Å². The predicted octanol–water partition coefficient (Wildman–Crippen LogP) is 3.93. The minimum Gasteiger partial charge on any atom is -0.379 e. The first kappa shape index (κ1) is 20.4. The standard InChI is InChI=1S/C21H25N3O3S2/c1-3-24-20-10-9-18(29(25,26)23-11-13-27-14-12-23)15-19(20)22-21(24)28-16(2)17-7-5-4-6-8-17/h4-10,15-16H,3,11-14H2,1-2H3/t16-/m0/s1. The molecule has 8 heteroatoms. The Balaban J connectivity index is 1.67. The van der Waals surface area contributed by atoms with Gasteiger partial charge in [-0.1, -0.05) is 42.1 Å². The van der Waals surface area contributed by atoms with Crippen LogP contribution >= 0.6 is 11.8 Å². The number of aryl methyl sites for hydroxylation is 1. The van der Waals surface area contributed by atoms with Crippen molar-refractivity contribution >= 4 is 32.8 Å². The maximum atomic E-state index is 13.0. The van der Waals surface area contributed by atoms with E-state index in [-0.39, 0.29) is 5.25 Å². The van der Waals surface area contributed by atoms with Crippen molar-refractivity contribution < 1.29 is 13.2 Å². The molecule has 1 fully saturated rings. The summed E-state index contributed by atoms with van der Waals surface area (Å²) in [5.41, 5.74) is 2.91. The Morgan fingerprint density at radius 2 is 1.86 bits per heavy atom. The smallest absolute Gasteiger partial charge is 0.243 e. The minimum atomic E-state index is -3.53. The number of rotatable bonds is 6. The first-order valence-electron chi connectivity index (χ1n) is 9.80. The van der Waals surface area contributed by atoms with E-state index in [1.807, 2.05) is 24.3 Å². The highest BCUT2D eigenvalue weighted by Gasteiger charge is 2.27. The molecular weight excluding hydrogens is 406 g/mol. The average Bonchev–Trinajstić information content (AvgIpc) is 3.11. The van der Waals surface area contributed by atoms with Crippen molar-refractivity contribution in [2.45, 2.75) is 35.7 Å². The molecule has 2 aromatic carbocycles. The molecule has 29 heavy (non-hydrogen) atoms. The van der Waals surface area contributed by atoms with Gasteiger partial charge in [0.1, 0.15) is 0 Å². The molecule has 0 unspecified atom stereocenters. The number of thioether (sulfide) groups is 1. The lowest BCUT2D eigenvalue weighted by atomic mass is 10.2. The second kappa shape index (κ2) is 8.47. The van der Waals surface area contributed by atoms with E-state index in [0.29, 0.717) is 36.7 Å². The molecule has 1 atom stereocenters. The van der Waals surface area contributed by atoms with Crippen molar-refractivity contribution in [3.8, 4) is 0 Å². The molecule has 0 bridgehead atoms. The van der Waals surface area contributed by atoms with E-state index >= 15 is 0 Å². The topological polar surface area (TPSA) is 64.4 Å². The van der Waals surface area contributed by atoms with E-state index in [2.05, 4.69) is 30.5 Å². The summed E-state index contributed by atoms with van der Waals surface area (Å²) in [7, 11) is -3.53. The number of benzene rings is 2. The van der Waals surface area contributed by atoms with Crippen molar-refractivity contribution in [2.75, 3.05) is 26.3 Å². The molecule has 3 aromatic rings. The third kappa shape index (κ3) is 4.07. The first-order chi connectivity index (χ1) is 14.0. The number of fused-ring (bicyclic) bond motifs is 1. The zero-order valence-electron chi connectivity index (χ0n) is 16.6. The van der Waals surface area contributed by atoms with E-state index in [1.54, 1.807) is 23.9 Å². The molecule has 1 saturated heterocycles. The highest BCUT2D eigenvalue weighted by atomic mass is 32.2. The van der Waals surface area contributed by atoms with Gasteiger partial charge in [-0.2, -0.15) is 4.31 Å². The fraction of sp³-hybridized carbons (Fsp3) is 0.381. The summed E-state index contributed by atoms with van der Waals surface area (Å²) < 4.78 is 34.9. The third-order valence-electron chi connectivity index (χ3n) is 5.16. The van der Waals surface area contributed by atoms with Crippen molar-refractivity contribution in [1.29, 1.82) is 0 Å². The van der Waals surface area contributed by atoms with Crippen molar-refractivity contribution in [1.82, 2.24) is 13.9 Å².